The van der Waals surface area contributed by atoms with Crippen molar-refractivity contribution in [2.75, 3.05) is 30.3 Å². The van der Waals surface area contributed by atoms with Gasteiger partial charge in [0.05, 0.1) is 18.1 Å². The van der Waals surface area contributed by atoms with Crippen LogP contribution in [0.5, 0.6) is 0 Å². The number of thiophene rings is 1. The van der Waals surface area contributed by atoms with Gasteiger partial charge in [-0.25, -0.2) is 4.98 Å². The van der Waals surface area contributed by atoms with E-state index >= 15 is 0 Å². The number of rotatable bonds is 2. The van der Waals surface area contributed by atoms with Crippen molar-refractivity contribution in [2.45, 2.75) is 26.4 Å². The molecule has 3 rings (SSSR count). The molecule has 1 aliphatic heterocycles. The lowest BCUT2D eigenvalue weighted by molar-refractivity contribution is 0.0530. The van der Waals surface area contributed by atoms with Crippen LogP contribution in [0.4, 0.5) is 11.8 Å². The van der Waals surface area contributed by atoms with Gasteiger partial charge in [-0.15, -0.1) is 11.3 Å². The van der Waals surface area contributed by atoms with Gasteiger partial charge >= 0.3 is 0 Å². The SMILES string of the molecule is CCc1cc2c(N3CCOC(C)C3)nc(N)nc2s1. The molecule has 1 saturated heterocycles. The highest BCUT2D eigenvalue weighted by molar-refractivity contribution is 7.18. The zero-order valence-corrected chi connectivity index (χ0v) is 12.0. The second-order valence-electron chi connectivity index (χ2n) is 4.82. The van der Waals surface area contributed by atoms with Crippen LogP contribution in [0.25, 0.3) is 10.2 Å². The highest BCUT2D eigenvalue weighted by atomic mass is 32.1. The third-order valence-electron chi connectivity index (χ3n) is 3.33. The first-order chi connectivity index (χ1) is 9.17. The number of aromatic nitrogens is 2. The lowest BCUT2D eigenvalue weighted by Crippen LogP contribution is -2.41. The molecule has 0 aliphatic carbocycles. The number of hydrogen-bond acceptors (Lipinski definition) is 6. The summed E-state index contributed by atoms with van der Waals surface area (Å²) in [5.74, 6) is 1.31. The molecule has 0 saturated carbocycles. The maximum atomic E-state index is 5.84. The monoisotopic (exact) mass is 278 g/mol. The van der Waals surface area contributed by atoms with Gasteiger partial charge in [-0.1, -0.05) is 6.92 Å². The average Bonchev–Trinajstić information content (AvgIpc) is 2.80. The van der Waals surface area contributed by atoms with Crippen LogP contribution >= 0.6 is 11.3 Å². The summed E-state index contributed by atoms with van der Waals surface area (Å²) in [7, 11) is 0. The summed E-state index contributed by atoms with van der Waals surface area (Å²) in [6.07, 6.45) is 1.24. The fraction of sp³-hybridized carbons (Fsp3) is 0.538. The standard InChI is InChI=1S/C13H18N4OS/c1-3-9-6-10-11(15-13(14)16-12(10)19-9)17-4-5-18-8(2)7-17/h6,8H,3-5,7H2,1-2H3,(H2,14,15,16). The summed E-state index contributed by atoms with van der Waals surface area (Å²) >= 11 is 1.70. The first kappa shape index (κ1) is 12.6. The van der Waals surface area contributed by atoms with Gasteiger partial charge in [0.25, 0.3) is 0 Å². The van der Waals surface area contributed by atoms with E-state index in [1.165, 1.54) is 4.88 Å². The molecule has 0 spiro atoms. The number of ether oxygens (including phenoxy) is 1. The Morgan fingerprint density at radius 3 is 3.11 bits per heavy atom. The average molecular weight is 278 g/mol. The van der Waals surface area contributed by atoms with E-state index < -0.39 is 0 Å². The molecule has 102 valence electrons. The minimum absolute atomic E-state index is 0.226. The molecule has 2 aromatic heterocycles. The zero-order chi connectivity index (χ0) is 13.4. The topological polar surface area (TPSA) is 64.3 Å². The molecule has 5 nitrogen and oxygen atoms in total. The number of nitrogen functional groups attached to an aromatic ring is 1. The van der Waals surface area contributed by atoms with Gasteiger partial charge in [0, 0.05) is 18.0 Å². The van der Waals surface area contributed by atoms with Crippen molar-refractivity contribution in [2.24, 2.45) is 0 Å². The first-order valence-corrected chi connectivity index (χ1v) is 7.41. The van der Waals surface area contributed by atoms with Crippen molar-refractivity contribution in [3.63, 3.8) is 0 Å². The maximum Gasteiger partial charge on any atom is 0.223 e. The Labute approximate surface area is 116 Å². The second-order valence-corrected chi connectivity index (χ2v) is 5.93. The van der Waals surface area contributed by atoms with E-state index in [-0.39, 0.29) is 6.10 Å². The van der Waals surface area contributed by atoms with Gasteiger partial charge < -0.3 is 15.4 Å². The Bertz CT molecular complexity index is 598. The molecule has 6 heteroatoms. The van der Waals surface area contributed by atoms with E-state index in [2.05, 4.69) is 34.8 Å². The predicted molar refractivity (Wildman–Crippen MR) is 78.8 cm³/mol. The summed E-state index contributed by atoms with van der Waals surface area (Å²) in [6.45, 7) is 6.67. The van der Waals surface area contributed by atoms with Crippen LogP contribution < -0.4 is 10.6 Å². The van der Waals surface area contributed by atoms with E-state index in [0.29, 0.717) is 5.95 Å². The fourth-order valence-electron chi connectivity index (χ4n) is 2.40. The maximum absolute atomic E-state index is 5.84. The number of nitrogens with two attached hydrogens (primary N) is 1. The molecule has 2 N–H and O–H groups in total. The van der Waals surface area contributed by atoms with Crippen molar-refractivity contribution >= 4 is 33.3 Å². The number of anilines is 2. The number of morpholine rings is 1. The van der Waals surface area contributed by atoms with Crippen molar-refractivity contribution in [3.05, 3.63) is 10.9 Å². The Kier molecular flexibility index (Phi) is 3.28. The molecule has 2 aromatic rings. The quantitative estimate of drug-likeness (QED) is 0.911. The van der Waals surface area contributed by atoms with Crippen LogP contribution in [0.1, 0.15) is 18.7 Å². The number of nitrogens with zero attached hydrogens (tertiary/aromatic N) is 3. The molecular formula is C13H18N4OS. The van der Waals surface area contributed by atoms with E-state index in [4.69, 9.17) is 10.5 Å². The van der Waals surface area contributed by atoms with Crippen molar-refractivity contribution < 1.29 is 4.74 Å². The molecule has 0 amide bonds. The summed E-state index contributed by atoms with van der Waals surface area (Å²) in [5.41, 5.74) is 5.84. The molecule has 3 heterocycles. The van der Waals surface area contributed by atoms with Crippen LogP contribution in [-0.2, 0) is 11.2 Å². The zero-order valence-electron chi connectivity index (χ0n) is 11.2. The smallest absolute Gasteiger partial charge is 0.223 e. The van der Waals surface area contributed by atoms with Gasteiger partial charge in [0.15, 0.2) is 0 Å². The summed E-state index contributed by atoms with van der Waals surface area (Å²) in [6, 6.07) is 2.19. The van der Waals surface area contributed by atoms with Crippen LogP contribution in [0.15, 0.2) is 6.07 Å². The molecule has 1 atom stereocenters. The Balaban J connectivity index is 2.08. The minimum atomic E-state index is 0.226. The van der Waals surface area contributed by atoms with Gasteiger partial charge in [-0.05, 0) is 19.4 Å². The lowest BCUT2D eigenvalue weighted by atomic mass is 10.2. The van der Waals surface area contributed by atoms with Crippen LogP contribution in [0.2, 0.25) is 0 Å². The lowest BCUT2D eigenvalue weighted by Gasteiger charge is -2.32. The highest BCUT2D eigenvalue weighted by Gasteiger charge is 2.21. The largest absolute Gasteiger partial charge is 0.375 e. The van der Waals surface area contributed by atoms with Gasteiger partial charge in [0.1, 0.15) is 10.6 Å². The van der Waals surface area contributed by atoms with Crippen LogP contribution in [-0.4, -0.2) is 35.8 Å². The minimum Gasteiger partial charge on any atom is -0.375 e. The van der Waals surface area contributed by atoms with Gasteiger partial charge in [-0.2, -0.15) is 4.98 Å². The van der Waals surface area contributed by atoms with Crippen molar-refractivity contribution in [1.29, 1.82) is 0 Å². The van der Waals surface area contributed by atoms with E-state index in [1.807, 2.05) is 0 Å². The molecule has 1 fully saturated rings. The molecule has 0 aromatic carbocycles. The molecule has 1 aliphatic rings. The molecule has 19 heavy (non-hydrogen) atoms. The molecule has 0 bridgehead atoms. The van der Waals surface area contributed by atoms with Gasteiger partial charge in [-0.3, -0.25) is 0 Å². The van der Waals surface area contributed by atoms with Crippen molar-refractivity contribution in [3.8, 4) is 0 Å². The van der Waals surface area contributed by atoms with E-state index in [1.54, 1.807) is 11.3 Å². The van der Waals surface area contributed by atoms with Crippen molar-refractivity contribution in [1.82, 2.24) is 9.97 Å². The number of fused-ring (bicyclic) bond motifs is 1. The third-order valence-corrected chi connectivity index (χ3v) is 4.50. The summed E-state index contributed by atoms with van der Waals surface area (Å²) in [4.78, 5) is 13.3. The highest BCUT2D eigenvalue weighted by Crippen LogP contribution is 2.32. The Morgan fingerprint density at radius 1 is 1.53 bits per heavy atom. The Morgan fingerprint density at radius 2 is 2.37 bits per heavy atom. The summed E-state index contributed by atoms with van der Waals surface area (Å²) < 4.78 is 5.58. The van der Waals surface area contributed by atoms with E-state index in [0.717, 1.165) is 42.2 Å². The molecule has 1 unspecified atom stereocenters. The first-order valence-electron chi connectivity index (χ1n) is 6.60. The summed E-state index contributed by atoms with van der Waals surface area (Å²) in [5, 5.41) is 1.12. The normalized spacial score (nSPS) is 20.1. The van der Waals surface area contributed by atoms with Crippen LogP contribution in [0.3, 0.4) is 0 Å². The Hall–Kier alpha value is -1.40. The van der Waals surface area contributed by atoms with Gasteiger partial charge in [0.2, 0.25) is 5.95 Å². The third kappa shape index (κ3) is 2.37. The number of hydrogen-bond donors (Lipinski definition) is 1. The predicted octanol–water partition coefficient (Wildman–Crippen LogP) is 2.06. The second kappa shape index (κ2) is 4.94. The molecule has 0 radical (unpaired) electrons. The van der Waals surface area contributed by atoms with E-state index in [9.17, 15) is 0 Å². The van der Waals surface area contributed by atoms with Crippen LogP contribution in [0, 0.1) is 0 Å². The number of aryl methyl sites for hydroxylation is 1. The molecular weight excluding hydrogens is 260 g/mol. The fourth-order valence-corrected chi connectivity index (χ4v) is 3.37.